The highest BCUT2D eigenvalue weighted by molar-refractivity contribution is 5.76. The quantitative estimate of drug-likeness (QED) is 0.567. The Morgan fingerprint density at radius 1 is 1.28 bits per heavy atom. The Morgan fingerprint density at radius 3 is 2.17 bits per heavy atom. The number of hydrogen-bond donors (Lipinski definition) is 0. The zero-order valence-corrected chi connectivity index (χ0v) is 9.25. The van der Waals surface area contributed by atoms with Crippen molar-refractivity contribution >= 4 is 5.97 Å². The van der Waals surface area contributed by atoms with E-state index in [1.807, 2.05) is 0 Å². The molecule has 0 aliphatic heterocycles. The molecule has 94 valence electrons. The molecular formula is C13H9F3O2. The average molecular weight is 254 g/mol. The van der Waals surface area contributed by atoms with Crippen molar-refractivity contribution < 1.29 is 22.7 Å². The Labute approximate surface area is 102 Å². The molecule has 0 saturated carbocycles. The molecule has 0 fully saturated rings. The van der Waals surface area contributed by atoms with Gasteiger partial charge in [-0.3, -0.25) is 0 Å². The first-order valence-electron chi connectivity index (χ1n) is 5.21. The van der Waals surface area contributed by atoms with Crippen molar-refractivity contribution in [1.82, 2.24) is 0 Å². The van der Waals surface area contributed by atoms with Crippen molar-refractivity contribution in [1.29, 1.82) is 0 Å². The fourth-order valence-corrected chi connectivity index (χ4v) is 2.02. The third kappa shape index (κ3) is 2.19. The van der Waals surface area contributed by atoms with Crippen molar-refractivity contribution in [2.45, 2.75) is 24.6 Å². The number of alkyl halides is 3. The number of esters is 1. The summed E-state index contributed by atoms with van der Waals surface area (Å²) in [5.74, 6) is -0.0580. The molecule has 0 heterocycles. The monoisotopic (exact) mass is 254 g/mol. The molecule has 0 saturated heterocycles. The molecule has 2 nitrogen and oxygen atoms in total. The molecule has 0 unspecified atom stereocenters. The van der Waals surface area contributed by atoms with Crippen LogP contribution >= 0.6 is 0 Å². The highest BCUT2D eigenvalue weighted by atomic mass is 19.4. The van der Waals surface area contributed by atoms with Crippen LogP contribution in [-0.4, -0.2) is 17.7 Å². The Bertz CT molecular complexity index is 501. The lowest BCUT2D eigenvalue weighted by Crippen LogP contribution is -2.39. The maximum Gasteiger partial charge on any atom is 0.490 e. The second-order valence-corrected chi connectivity index (χ2v) is 4.15. The predicted octanol–water partition coefficient (Wildman–Crippen LogP) is 2.26. The van der Waals surface area contributed by atoms with Gasteiger partial charge in [0.2, 0.25) is 0 Å². The normalized spacial score (nSPS) is 16.8. The molecule has 0 aromatic heterocycles. The van der Waals surface area contributed by atoms with Crippen molar-refractivity contribution in [2.24, 2.45) is 0 Å². The predicted molar refractivity (Wildman–Crippen MR) is 57.6 cm³/mol. The molecule has 2 rings (SSSR count). The maximum absolute atomic E-state index is 12.2. The molecule has 0 N–H and O–H groups in total. The van der Waals surface area contributed by atoms with Gasteiger partial charge in [-0.05, 0) is 11.1 Å². The Morgan fingerprint density at radius 2 is 1.78 bits per heavy atom. The van der Waals surface area contributed by atoms with Gasteiger partial charge in [0, 0.05) is 12.8 Å². The lowest BCUT2D eigenvalue weighted by atomic mass is 10.0. The van der Waals surface area contributed by atoms with E-state index in [9.17, 15) is 18.0 Å². The Balaban J connectivity index is 2.23. The van der Waals surface area contributed by atoms with Gasteiger partial charge in [-0.1, -0.05) is 30.2 Å². The van der Waals surface area contributed by atoms with Gasteiger partial charge in [-0.2, -0.15) is 13.2 Å². The van der Waals surface area contributed by atoms with E-state index in [0.29, 0.717) is 0 Å². The van der Waals surface area contributed by atoms with Crippen LogP contribution in [0.1, 0.15) is 11.1 Å². The minimum atomic E-state index is -5.03. The summed E-state index contributed by atoms with van der Waals surface area (Å²) >= 11 is 0. The standard InChI is InChI=1S/C13H9F3O2/c1-2-12(18-11(17)13(14,15)16)7-9-5-3-4-6-10(9)8-12/h1,3-6H,7-8H2. The lowest BCUT2D eigenvalue weighted by molar-refractivity contribution is -0.209. The third-order valence-electron chi connectivity index (χ3n) is 2.85. The van der Waals surface area contributed by atoms with Crippen LogP contribution in [0.15, 0.2) is 24.3 Å². The molecule has 18 heavy (non-hydrogen) atoms. The highest BCUT2D eigenvalue weighted by Gasteiger charge is 2.48. The summed E-state index contributed by atoms with van der Waals surface area (Å²) < 4.78 is 41.1. The van der Waals surface area contributed by atoms with Gasteiger partial charge in [-0.25, -0.2) is 4.79 Å². The van der Waals surface area contributed by atoms with E-state index in [1.165, 1.54) is 0 Å². The molecule has 1 aliphatic carbocycles. The molecule has 0 atom stereocenters. The summed E-state index contributed by atoms with van der Waals surface area (Å²) in [5.41, 5.74) is 0.104. The number of ether oxygens (including phenoxy) is 1. The molecule has 1 aliphatic rings. The zero-order chi connectivity index (χ0) is 13.4. The van der Waals surface area contributed by atoms with Crippen LogP contribution in [0.4, 0.5) is 13.2 Å². The summed E-state index contributed by atoms with van der Waals surface area (Å²) in [6, 6.07) is 7.04. The summed E-state index contributed by atoms with van der Waals surface area (Å²) in [4.78, 5) is 10.9. The van der Waals surface area contributed by atoms with E-state index in [2.05, 4.69) is 10.7 Å². The second kappa shape index (κ2) is 4.05. The van der Waals surface area contributed by atoms with Gasteiger partial charge in [0.15, 0.2) is 5.60 Å². The number of benzene rings is 1. The van der Waals surface area contributed by atoms with Crippen molar-refractivity contribution in [3.05, 3.63) is 35.4 Å². The van der Waals surface area contributed by atoms with Crippen LogP contribution in [0.2, 0.25) is 0 Å². The van der Waals surface area contributed by atoms with E-state index in [1.54, 1.807) is 24.3 Å². The van der Waals surface area contributed by atoms with Crippen molar-refractivity contribution in [3.63, 3.8) is 0 Å². The molecule has 1 aromatic carbocycles. The van der Waals surface area contributed by atoms with E-state index < -0.39 is 17.7 Å². The smallest absolute Gasteiger partial charge is 0.438 e. The maximum atomic E-state index is 12.2. The highest BCUT2D eigenvalue weighted by Crippen LogP contribution is 2.34. The SMILES string of the molecule is C#CC1(OC(=O)C(F)(F)F)Cc2ccccc2C1. The van der Waals surface area contributed by atoms with Crippen molar-refractivity contribution in [2.75, 3.05) is 0 Å². The lowest BCUT2D eigenvalue weighted by Gasteiger charge is -2.23. The number of fused-ring (bicyclic) bond motifs is 1. The van der Waals surface area contributed by atoms with Crippen molar-refractivity contribution in [3.8, 4) is 12.3 Å². The Kier molecular flexibility index (Phi) is 2.81. The van der Waals surface area contributed by atoms with E-state index in [-0.39, 0.29) is 12.8 Å². The molecule has 0 amide bonds. The summed E-state index contributed by atoms with van der Waals surface area (Å²) in [6.07, 6.45) is 0.441. The topological polar surface area (TPSA) is 26.3 Å². The van der Waals surface area contributed by atoms with Crippen LogP contribution < -0.4 is 0 Å². The van der Waals surface area contributed by atoms with E-state index in [4.69, 9.17) is 6.42 Å². The summed E-state index contributed by atoms with van der Waals surface area (Å²) in [5, 5.41) is 0. The first-order valence-corrected chi connectivity index (χ1v) is 5.21. The van der Waals surface area contributed by atoms with Crippen LogP contribution in [0, 0.1) is 12.3 Å². The first kappa shape index (κ1) is 12.5. The minimum absolute atomic E-state index is 0.113. The second-order valence-electron chi connectivity index (χ2n) is 4.15. The minimum Gasteiger partial charge on any atom is -0.438 e. The van der Waals surface area contributed by atoms with E-state index in [0.717, 1.165) is 11.1 Å². The summed E-state index contributed by atoms with van der Waals surface area (Å²) in [6.45, 7) is 0. The van der Waals surface area contributed by atoms with Gasteiger partial charge >= 0.3 is 12.1 Å². The van der Waals surface area contributed by atoms with Crippen LogP contribution in [-0.2, 0) is 22.4 Å². The fourth-order valence-electron chi connectivity index (χ4n) is 2.02. The molecule has 5 heteroatoms. The molecule has 0 bridgehead atoms. The molecule has 0 spiro atoms. The number of rotatable bonds is 1. The van der Waals surface area contributed by atoms with Gasteiger partial charge < -0.3 is 4.74 Å². The number of terminal acetylenes is 1. The van der Waals surface area contributed by atoms with Crippen LogP contribution in [0.25, 0.3) is 0 Å². The average Bonchev–Trinajstić information content (AvgIpc) is 2.66. The number of carbonyl (C=O) groups is 1. The number of halogens is 3. The van der Waals surface area contributed by atoms with E-state index >= 15 is 0 Å². The Hall–Kier alpha value is -1.96. The first-order chi connectivity index (χ1) is 8.36. The fraction of sp³-hybridized carbons (Fsp3) is 0.308. The van der Waals surface area contributed by atoms with Gasteiger partial charge in [-0.15, -0.1) is 6.42 Å². The summed E-state index contributed by atoms with van der Waals surface area (Å²) in [7, 11) is 0. The van der Waals surface area contributed by atoms with Gasteiger partial charge in [0.05, 0.1) is 0 Å². The molecule has 0 radical (unpaired) electrons. The van der Waals surface area contributed by atoms with Crippen LogP contribution in [0.5, 0.6) is 0 Å². The zero-order valence-electron chi connectivity index (χ0n) is 9.25. The molecule has 1 aromatic rings. The number of hydrogen-bond acceptors (Lipinski definition) is 2. The van der Waals surface area contributed by atoms with Gasteiger partial charge in [0.25, 0.3) is 0 Å². The largest absolute Gasteiger partial charge is 0.490 e. The molecular weight excluding hydrogens is 245 g/mol. The van der Waals surface area contributed by atoms with Crippen LogP contribution in [0.3, 0.4) is 0 Å². The number of carbonyl (C=O) groups excluding carboxylic acids is 1. The third-order valence-corrected chi connectivity index (χ3v) is 2.85. The van der Waals surface area contributed by atoms with Gasteiger partial charge in [0.1, 0.15) is 0 Å².